The van der Waals surface area contributed by atoms with Crippen molar-refractivity contribution in [3.63, 3.8) is 0 Å². The monoisotopic (exact) mass is 141 g/mol. The zero-order valence-electron chi connectivity index (χ0n) is 5.01. The maximum absolute atomic E-state index is 9.89. The highest BCUT2D eigenvalue weighted by molar-refractivity contribution is 5.55. The van der Waals surface area contributed by atoms with Gasteiger partial charge in [-0.15, -0.1) is 5.10 Å². The van der Waals surface area contributed by atoms with E-state index in [-0.39, 0.29) is 6.54 Å². The van der Waals surface area contributed by atoms with Crippen molar-refractivity contribution in [2.45, 2.75) is 12.6 Å². The summed E-state index contributed by atoms with van der Waals surface area (Å²) in [5.74, 6) is 0. The van der Waals surface area contributed by atoms with Crippen molar-refractivity contribution in [1.82, 2.24) is 20.2 Å². The van der Waals surface area contributed by atoms with E-state index in [0.29, 0.717) is 6.29 Å². The maximum atomic E-state index is 9.89. The Bertz CT molecular complexity index is 197. The number of nitrogens with zero attached hydrogens (tertiary/aromatic N) is 4. The van der Waals surface area contributed by atoms with Crippen molar-refractivity contribution in [3.05, 3.63) is 6.33 Å². The molecule has 0 saturated carbocycles. The summed E-state index contributed by atoms with van der Waals surface area (Å²) in [6.45, 7) is 0.0521. The number of carbonyl (C=O) groups excluding carboxylic acids is 1. The van der Waals surface area contributed by atoms with E-state index < -0.39 is 6.10 Å². The molecule has 1 rings (SSSR count). The predicted molar refractivity (Wildman–Crippen MR) is 28.7 cm³/mol. The molecule has 0 saturated heterocycles. The van der Waals surface area contributed by atoms with Gasteiger partial charge in [0, 0.05) is 0 Å². The van der Waals surface area contributed by atoms with Gasteiger partial charge in [-0.1, -0.05) is 0 Å². The number of rotatable bonds is 3. The number of aliphatic hydroxyl groups is 1. The number of aromatic nitrogens is 4. The van der Waals surface area contributed by atoms with Crippen molar-refractivity contribution in [2.24, 2.45) is 0 Å². The van der Waals surface area contributed by atoms with E-state index in [1.807, 2.05) is 0 Å². The number of aliphatic hydroxyl groups excluding tert-OH is 1. The fourth-order valence-electron chi connectivity index (χ4n) is 0.457. The molecule has 1 radical (unpaired) electrons. The van der Waals surface area contributed by atoms with Crippen LogP contribution in [0, 0.1) is 6.33 Å². The minimum absolute atomic E-state index is 0.0521. The van der Waals surface area contributed by atoms with Crippen LogP contribution in [-0.2, 0) is 11.3 Å². The number of hydrogen-bond donors (Lipinski definition) is 1. The summed E-state index contributed by atoms with van der Waals surface area (Å²) in [6.07, 6.45) is 1.68. The summed E-state index contributed by atoms with van der Waals surface area (Å²) in [4.78, 5) is 9.89. The van der Waals surface area contributed by atoms with Gasteiger partial charge in [0.25, 0.3) is 0 Å². The van der Waals surface area contributed by atoms with Gasteiger partial charge >= 0.3 is 0 Å². The molecule has 6 heteroatoms. The number of aldehydes is 1. The Morgan fingerprint density at radius 2 is 2.60 bits per heavy atom. The van der Waals surface area contributed by atoms with Crippen LogP contribution in [0.3, 0.4) is 0 Å². The molecular formula is C4H5N4O2. The Morgan fingerprint density at radius 1 is 1.80 bits per heavy atom. The number of hydrogen-bond acceptors (Lipinski definition) is 5. The molecule has 0 aliphatic carbocycles. The molecule has 10 heavy (non-hydrogen) atoms. The van der Waals surface area contributed by atoms with Gasteiger partial charge in [0.05, 0.1) is 6.54 Å². The third-order valence-corrected chi connectivity index (χ3v) is 0.870. The van der Waals surface area contributed by atoms with Crippen LogP contribution in [0.4, 0.5) is 0 Å². The summed E-state index contributed by atoms with van der Waals surface area (Å²) < 4.78 is 1.15. The molecule has 0 bridgehead atoms. The van der Waals surface area contributed by atoms with Crippen molar-refractivity contribution in [1.29, 1.82) is 0 Å². The summed E-state index contributed by atoms with van der Waals surface area (Å²) >= 11 is 0. The fraction of sp³-hybridized carbons (Fsp3) is 0.500. The highest BCUT2D eigenvalue weighted by atomic mass is 16.3. The summed E-state index contributed by atoms with van der Waals surface area (Å²) in [5, 5.41) is 18.6. The lowest BCUT2D eigenvalue weighted by Crippen LogP contribution is -2.17. The molecule has 0 fully saturated rings. The zero-order chi connectivity index (χ0) is 7.40. The first-order chi connectivity index (χ1) is 4.83. The Morgan fingerprint density at radius 3 is 3.10 bits per heavy atom. The molecule has 1 N–H and O–H groups in total. The van der Waals surface area contributed by atoms with Gasteiger partial charge in [-0.05, 0) is 10.4 Å². The van der Waals surface area contributed by atoms with Crippen LogP contribution in [0.1, 0.15) is 0 Å². The Kier molecular flexibility index (Phi) is 2.06. The first kappa shape index (κ1) is 6.81. The molecule has 1 atom stereocenters. The predicted octanol–water partition coefficient (Wildman–Crippen LogP) is -1.97. The second-order valence-corrected chi connectivity index (χ2v) is 1.66. The van der Waals surface area contributed by atoms with Crippen LogP contribution < -0.4 is 0 Å². The second kappa shape index (κ2) is 3.02. The molecule has 0 aromatic carbocycles. The average Bonchev–Trinajstić information content (AvgIpc) is 2.40. The summed E-state index contributed by atoms with van der Waals surface area (Å²) in [5.41, 5.74) is 0. The molecule has 0 amide bonds. The summed E-state index contributed by atoms with van der Waals surface area (Å²) in [7, 11) is 0. The van der Waals surface area contributed by atoms with Gasteiger partial charge in [-0.3, -0.25) is 0 Å². The van der Waals surface area contributed by atoms with Crippen LogP contribution in [0.2, 0.25) is 0 Å². The van der Waals surface area contributed by atoms with Crippen LogP contribution in [-0.4, -0.2) is 37.7 Å². The van der Waals surface area contributed by atoms with E-state index in [1.165, 1.54) is 0 Å². The number of carbonyl (C=O) groups is 1. The van der Waals surface area contributed by atoms with E-state index in [4.69, 9.17) is 5.11 Å². The Labute approximate surface area is 56.5 Å². The van der Waals surface area contributed by atoms with Crippen LogP contribution in [0.15, 0.2) is 0 Å². The molecule has 53 valence electrons. The van der Waals surface area contributed by atoms with Crippen LogP contribution in [0.25, 0.3) is 0 Å². The lowest BCUT2D eigenvalue weighted by Gasteiger charge is -1.98. The van der Waals surface area contributed by atoms with E-state index in [1.54, 1.807) is 0 Å². The van der Waals surface area contributed by atoms with Crippen LogP contribution in [0.5, 0.6) is 0 Å². The average molecular weight is 141 g/mol. The molecule has 6 nitrogen and oxygen atoms in total. The highest BCUT2D eigenvalue weighted by Gasteiger charge is 2.02. The van der Waals surface area contributed by atoms with E-state index in [2.05, 4.69) is 21.9 Å². The first-order valence-electron chi connectivity index (χ1n) is 2.60. The molecule has 1 aromatic rings. The molecular weight excluding hydrogens is 136 g/mol. The second-order valence-electron chi connectivity index (χ2n) is 1.66. The topological polar surface area (TPSA) is 80.9 Å². The summed E-state index contributed by atoms with van der Waals surface area (Å²) in [6, 6.07) is 0. The number of tetrazole rings is 1. The van der Waals surface area contributed by atoms with Crippen molar-refractivity contribution in [3.8, 4) is 0 Å². The normalized spacial score (nSPS) is 12.9. The first-order valence-corrected chi connectivity index (χ1v) is 2.60. The van der Waals surface area contributed by atoms with Gasteiger partial charge in [-0.2, -0.15) is 0 Å². The van der Waals surface area contributed by atoms with Gasteiger partial charge in [0.15, 0.2) is 0 Å². The quantitative estimate of drug-likeness (QED) is 0.494. The minimum atomic E-state index is -1.06. The molecule has 0 aliphatic heterocycles. The molecule has 0 aliphatic rings. The smallest absolute Gasteiger partial charge is 0.221 e. The van der Waals surface area contributed by atoms with Gasteiger partial charge in [-0.25, -0.2) is 4.68 Å². The van der Waals surface area contributed by atoms with Crippen molar-refractivity contribution in [2.75, 3.05) is 0 Å². The lowest BCUT2D eigenvalue weighted by molar-refractivity contribution is -0.115. The van der Waals surface area contributed by atoms with E-state index in [9.17, 15) is 4.79 Å². The molecule has 0 spiro atoms. The zero-order valence-corrected chi connectivity index (χ0v) is 5.01. The molecule has 1 unspecified atom stereocenters. The maximum Gasteiger partial charge on any atom is 0.221 e. The molecule has 1 aromatic heterocycles. The third-order valence-electron chi connectivity index (χ3n) is 0.870. The van der Waals surface area contributed by atoms with Crippen molar-refractivity contribution >= 4 is 6.29 Å². The standard InChI is InChI=1S/C4H5N4O2/c9-2-4(10)1-8-3-5-6-7-8/h2,4,10H,1H2. The van der Waals surface area contributed by atoms with E-state index in [0.717, 1.165) is 4.68 Å². The lowest BCUT2D eigenvalue weighted by atomic mass is 10.4. The minimum Gasteiger partial charge on any atom is -0.384 e. The largest absolute Gasteiger partial charge is 0.384 e. The third kappa shape index (κ3) is 1.59. The van der Waals surface area contributed by atoms with Gasteiger partial charge < -0.3 is 9.90 Å². The Hall–Kier alpha value is -1.30. The van der Waals surface area contributed by atoms with Gasteiger partial charge in [0.2, 0.25) is 6.33 Å². The van der Waals surface area contributed by atoms with Crippen molar-refractivity contribution < 1.29 is 9.90 Å². The van der Waals surface area contributed by atoms with E-state index >= 15 is 0 Å². The van der Waals surface area contributed by atoms with Gasteiger partial charge in [0.1, 0.15) is 12.4 Å². The highest BCUT2D eigenvalue weighted by Crippen LogP contribution is 1.81. The fourth-order valence-corrected chi connectivity index (χ4v) is 0.457. The van der Waals surface area contributed by atoms with Crippen LogP contribution >= 0.6 is 0 Å². The Balaban J connectivity index is 2.47. The molecule has 1 heterocycles. The SMILES string of the molecule is O=CC(O)Cn1[c]nnn1.